The summed E-state index contributed by atoms with van der Waals surface area (Å²) in [6.07, 6.45) is 7.89. The third kappa shape index (κ3) is 9.18. The van der Waals surface area contributed by atoms with Crippen LogP contribution in [0.15, 0.2) is 121 Å². The minimum Gasteiger partial charge on any atom is -0.354 e. The zero-order chi connectivity index (χ0) is 50.3. The summed E-state index contributed by atoms with van der Waals surface area (Å²) in [7, 11) is 0. The number of para-hydroxylation sites is 4. The van der Waals surface area contributed by atoms with E-state index in [2.05, 4.69) is 45.9 Å². The number of aromatic nitrogens is 4. The Morgan fingerprint density at radius 2 is 0.757 bits per heavy atom. The number of hydrogen-bond donors (Lipinski definition) is 6. The summed E-state index contributed by atoms with van der Waals surface area (Å²) >= 11 is 6.08. The number of carbonyl (C=O) groups is 4. The van der Waals surface area contributed by atoms with E-state index in [-0.39, 0.29) is 49.1 Å². The minimum atomic E-state index is -0.366. The van der Waals surface area contributed by atoms with Crippen LogP contribution in [0.2, 0.25) is 0 Å². The van der Waals surface area contributed by atoms with E-state index in [0.29, 0.717) is 129 Å². The molecule has 3 atom stereocenters. The number of rotatable bonds is 3. The molecule has 0 spiro atoms. The van der Waals surface area contributed by atoms with Crippen molar-refractivity contribution in [2.45, 2.75) is 0 Å². The van der Waals surface area contributed by atoms with E-state index in [1.807, 2.05) is 146 Å². The van der Waals surface area contributed by atoms with E-state index >= 15 is 0 Å². The lowest BCUT2D eigenvalue weighted by atomic mass is 10.0. The highest BCUT2D eigenvalue weighted by Gasteiger charge is 2.27. The van der Waals surface area contributed by atoms with Gasteiger partial charge < -0.3 is 31.2 Å². The molecule has 12 rings (SSSR count). The lowest BCUT2D eigenvalue weighted by Crippen LogP contribution is -2.42. The second-order valence-electron chi connectivity index (χ2n) is 18.8. The van der Waals surface area contributed by atoms with Gasteiger partial charge in [0, 0.05) is 129 Å². The Kier molecular flexibility index (Phi) is 12.5. The average molecular weight is 1000 g/mol. The Hall–Kier alpha value is -8.47. The van der Waals surface area contributed by atoms with Crippen molar-refractivity contribution in [1.82, 2.24) is 34.6 Å². The molecule has 1 fully saturated rings. The summed E-state index contributed by atoms with van der Waals surface area (Å²) in [5.41, 5.74) is 13.3. The number of hydrogen-bond acceptors (Lipinski definition) is 9. The predicted octanol–water partition coefficient (Wildman–Crippen LogP) is 9.26. The van der Waals surface area contributed by atoms with E-state index in [1.54, 1.807) is 0 Å². The molecule has 0 saturated carbocycles. The number of aromatic amines is 2. The molecule has 0 aliphatic carbocycles. The molecule has 1 saturated heterocycles. The van der Waals surface area contributed by atoms with Gasteiger partial charge in [0.2, 0.25) is 23.6 Å². The van der Waals surface area contributed by atoms with E-state index in [9.17, 15) is 19.2 Å². The lowest BCUT2D eigenvalue weighted by molar-refractivity contribution is -0.118. The predicted molar refractivity (Wildman–Crippen MR) is 295 cm³/mol. The molecule has 7 aromatic rings. The summed E-state index contributed by atoms with van der Waals surface area (Å²) in [6.45, 7) is 3.27. The number of fused-ring (bicyclic) bond motifs is 16. The van der Waals surface area contributed by atoms with Gasteiger partial charge in [-0.2, -0.15) is 0 Å². The maximum atomic E-state index is 14.5. The zero-order valence-corrected chi connectivity index (χ0v) is 40.9. The van der Waals surface area contributed by atoms with Gasteiger partial charge in [-0.05, 0) is 72.8 Å². The van der Waals surface area contributed by atoms with Crippen molar-refractivity contribution < 1.29 is 19.2 Å². The van der Waals surface area contributed by atoms with Crippen LogP contribution in [-0.2, 0) is 19.2 Å². The highest BCUT2D eigenvalue weighted by Crippen LogP contribution is 2.43. The summed E-state index contributed by atoms with van der Waals surface area (Å²) in [6, 6.07) is 38.8. The Morgan fingerprint density at radius 1 is 0.446 bits per heavy atom. The van der Waals surface area contributed by atoms with Gasteiger partial charge in [0.1, 0.15) is 5.88 Å². The van der Waals surface area contributed by atoms with Gasteiger partial charge in [0.05, 0.1) is 42.4 Å². The van der Waals surface area contributed by atoms with E-state index in [0.717, 1.165) is 22.3 Å². The van der Waals surface area contributed by atoms with E-state index in [1.165, 1.54) is 0 Å². The second-order valence-corrected chi connectivity index (χ2v) is 19.1. The number of halogens is 1. The molecule has 74 heavy (non-hydrogen) atoms. The fourth-order valence-electron chi connectivity index (χ4n) is 10.6. The molecule has 8 heterocycles. The molecule has 15 nitrogen and oxygen atoms in total. The molecule has 3 aromatic heterocycles. The van der Waals surface area contributed by atoms with Gasteiger partial charge >= 0.3 is 0 Å². The number of alkyl halides is 1. The Labute approximate surface area is 431 Å². The number of anilines is 4. The first kappa shape index (κ1) is 46.6. The van der Waals surface area contributed by atoms with Gasteiger partial charge in [-0.1, -0.05) is 72.8 Å². The van der Waals surface area contributed by atoms with E-state index < -0.39 is 0 Å². The molecule has 4 amide bonds. The van der Waals surface area contributed by atoms with Crippen LogP contribution in [0.3, 0.4) is 0 Å². The zero-order valence-electron chi connectivity index (χ0n) is 40.2. The van der Waals surface area contributed by atoms with Crippen LogP contribution in [0.25, 0.3) is 90.9 Å². The van der Waals surface area contributed by atoms with Crippen LogP contribution in [-0.4, -0.2) is 123 Å². The number of carbonyl (C=O) groups excluding carboxylic acids is 4. The SMILES string of the molecule is O=C(CCl)Nc1ccccc1-c1c2nc(c3c4ccc([nH]4)c4c5nc(c(c6ccc1[nH]6)-c1ccccc1NC(=O)CN1CCN(CCN(CC1)CC(=O)Nc1ccccc1-4)CC(=O)Nc1ccccc1-3)C=C5)C=C2. The van der Waals surface area contributed by atoms with Crippen LogP contribution < -0.4 is 21.3 Å². The van der Waals surface area contributed by atoms with Gasteiger partial charge in [-0.3, -0.25) is 33.9 Å². The highest BCUT2D eigenvalue weighted by atomic mass is 35.5. The third-order valence-corrected chi connectivity index (χ3v) is 14.3. The van der Waals surface area contributed by atoms with Crippen LogP contribution in [0, 0.1) is 0 Å². The Morgan fingerprint density at radius 3 is 1.11 bits per heavy atom. The minimum absolute atomic E-state index is 0.0667. The van der Waals surface area contributed by atoms with Crippen molar-refractivity contribution in [3.8, 4) is 44.5 Å². The molecular formula is C58H50ClN11O4. The first-order valence-electron chi connectivity index (χ1n) is 24.7. The smallest absolute Gasteiger partial charge is 0.239 e. The van der Waals surface area contributed by atoms with Crippen molar-refractivity contribution in [3.63, 3.8) is 0 Å². The molecule has 4 aromatic carbocycles. The first-order chi connectivity index (χ1) is 36.2. The van der Waals surface area contributed by atoms with Crippen LogP contribution >= 0.6 is 11.6 Å². The molecule has 6 N–H and O–H groups in total. The molecular weight excluding hydrogens is 950 g/mol. The summed E-state index contributed by atoms with van der Waals surface area (Å²) in [4.78, 5) is 81.2. The molecule has 5 aliphatic rings. The van der Waals surface area contributed by atoms with Gasteiger partial charge in [0.25, 0.3) is 0 Å². The monoisotopic (exact) mass is 999 g/mol. The third-order valence-electron chi connectivity index (χ3n) is 14.1. The molecule has 368 valence electrons. The average Bonchev–Trinajstić information content (AvgIpc) is 4.26. The standard InChI is InChI=1S/C58H50ClN11O4/c59-31-51(71)64-39-13-5-1-9-35(39)55-43-17-19-45(60-43)56-36-10-2-6-14-40(36)65-52(72)32-68-25-26-69-28-30-70(29-27-68)34-54(74)67-42-16-8-4-12-38(42)58(49-23-21-47(56)62-49)50-24-22-48(63-50)57(46-20-18-44(55)61-46)37-11-3-7-15-41(37)66-53(73)33-69/h1-24,60,63H,25-34H2,(H,64,71)(H,65,72)(H,66,73)(H,67,74). The first-order valence-corrected chi connectivity index (χ1v) is 25.2. The van der Waals surface area contributed by atoms with Crippen molar-refractivity contribution in [2.24, 2.45) is 0 Å². The topological polar surface area (TPSA) is 183 Å². The van der Waals surface area contributed by atoms with Gasteiger partial charge in [0.15, 0.2) is 0 Å². The van der Waals surface area contributed by atoms with E-state index in [4.69, 9.17) is 21.6 Å². The quantitative estimate of drug-likeness (QED) is 0.0940. The maximum Gasteiger partial charge on any atom is 0.239 e. The largest absolute Gasteiger partial charge is 0.354 e. The Bertz CT molecular complexity index is 3630. The normalized spacial score (nSPS) is 18.4. The highest BCUT2D eigenvalue weighted by molar-refractivity contribution is 6.29. The molecule has 3 unspecified atom stereocenters. The number of nitrogens with zero attached hydrogens (tertiary/aromatic N) is 5. The Balaban J connectivity index is 1.26. The van der Waals surface area contributed by atoms with Gasteiger partial charge in [-0.25, -0.2) is 9.97 Å². The number of nitrogens with one attached hydrogen (secondary N) is 6. The molecule has 5 aliphatic heterocycles. The fraction of sp³-hybridized carbons (Fsp3) is 0.172. The van der Waals surface area contributed by atoms with Crippen LogP contribution in [0.1, 0.15) is 22.8 Å². The summed E-state index contributed by atoms with van der Waals surface area (Å²) < 4.78 is 0. The van der Waals surface area contributed by atoms with Crippen molar-refractivity contribution >= 4 is 104 Å². The molecule has 16 heteroatoms. The van der Waals surface area contributed by atoms with Crippen molar-refractivity contribution in [1.29, 1.82) is 0 Å². The fourth-order valence-corrected chi connectivity index (χ4v) is 10.7. The summed E-state index contributed by atoms with van der Waals surface area (Å²) in [5, 5.41) is 12.8. The second kappa shape index (κ2) is 19.9. The van der Waals surface area contributed by atoms with Crippen molar-refractivity contribution in [2.75, 3.05) is 86.0 Å². The molecule has 0 radical (unpaired) electrons. The number of benzene rings is 4. The van der Waals surface area contributed by atoms with Crippen molar-refractivity contribution in [3.05, 3.63) is 144 Å². The lowest BCUT2D eigenvalue weighted by Gasteiger charge is -2.25. The number of amides is 4. The maximum absolute atomic E-state index is 14.5. The molecule has 14 bridgehead atoms. The summed E-state index contributed by atoms with van der Waals surface area (Å²) in [5.74, 6) is -1.24. The van der Waals surface area contributed by atoms with Crippen LogP contribution in [0.5, 0.6) is 0 Å². The number of H-pyrrole nitrogens is 2. The van der Waals surface area contributed by atoms with Gasteiger partial charge in [-0.15, -0.1) is 11.6 Å². The van der Waals surface area contributed by atoms with Crippen LogP contribution in [0.4, 0.5) is 22.7 Å².